The Morgan fingerprint density at radius 3 is 2.60 bits per heavy atom. The molecule has 0 atom stereocenters. The van der Waals surface area contributed by atoms with Crippen molar-refractivity contribution in [2.24, 2.45) is 16.6 Å². The molecule has 2 nitrogen and oxygen atoms in total. The lowest BCUT2D eigenvalue weighted by molar-refractivity contribution is 0.978. The van der Waals surface area contributed by atoms with Crippen LogP contribution in [0.1, 0.15) is 30.9 Å². The predicted octanol–water partition coefficient (Wildman–Crippen LogP) is 2.52. The first-order chi connectivity index (χ1) is 7.31. The average molecular weight is 202 g/mol. The molecule has 0 saturated heterocycles. The Bertz CT molecular complexity index is 365. The van der Waals surface area contributed by atoms with Crippen LogP contribution in [0.4, 0.5) is 0 Å². The van der Waals surface area contributed by atoms with Crippen LogP contribution < -0.4 is 5.73 Å². The lowest BCUT2D eigenvalue weighted by Gasteiger charge is -2.05. The first-order valence-electron chi connectivity index (χ1n) is 5.68. The van der Waals surface area contributed by atoms with Crippen LogP contribution in [0.2, 0.25) is 0 Å². The molecular weight excluding hydrogens is 184 g/mol. The molecular formula is C13H18N2. The van der Waals surface area contributed by atoms with Gasteiger partial charge in [-0.15, -0.1) is 0 Å². The Labute approximate surface area is 91.2 Å². The van der Waals surface area contributed by atoms with Crippen LogP contribution in [0.15, 0.2) is 29.3 Å². The third kappa shape index (κ3) is 2.58. The SMILES string of the molecule is CCc1ccccc1CN=C(N)C1CC1. The Morgan fingerprint density at radius 1 is 1.33 bits per heavy atom. The van der Waals surface area contributed by atoms with E-state index in [4.69, 9.17) is 5.73 Å². The zero-order chi connectivity index (χ0) is 10.7. The van der Waals surface area contributed by atoms with Crippen LogP contribution in [0.5, 0.6) is 0 Å². The predicted molar refractivity (Wildman–Crippen MR) is 63.9 cm³/mol. The van der Waals surface area contributed by atoms with Crippen molar-refractivity contribution in [2.75, 3.05) is 0 Å². The van der Waals surface area contributed by atoms with Crippen molar-refractivity contribution < 1.29 is 0 Å². The summed E-state index contributed by atoms with van der Waals surface area (Å²) in [7, 11) is 0. The quantitative estimate of drug-likeness (QED) is 0.591. The second kappa shape index (κ2) is 4.47. The number of hydrogen-bond donors (Lipinski definition) is 1. The summed E-state index contributed by atoms with van der Waals surface area (Å²) >= 11 is 0. The number of amidine groups is 1. The van der Waals surface area contributed by atoms with Crippen LogP contribution >= 0.6 is 0 Å². The minimum Gasteiger partial charge on any atom is -0.387 e. The van der Waals surface area contributed by atoms with Gasteiger partial charge in [0.2, 0.25) is 0 Å². The molecule has 0 aromatic heterocycles. The van der Waals surface area contributed by atoms with E-state index >= 15 is 0 Å². The van der Waals surface area contributed by atoms with Crippen molar-refractivity contribution in [3.8, 4) is 0 Å². The smallest absolute Gasteiger partial charge is 0.0972 e. The van der Waals surface area contributed by atoms with Crippen LogP contribution in [-0.2, 0) is 13.0 Å². The van der Waals surface area contributed by atoms with Crippen LogP contribution in [0.25, 0.3) is 0 Å². The minimum atomic E-state index is 0.582. The van der Waals surface area contributed by atoms with E-state index in [1.165, 1.54) is 24.0 Å². The van der Waals surface area contributed by atoms with Gasteiger partial charge in [-0.3, -0.25) is 4.99 Å². The Morgan fingerprint density at radius 2 is 2.00 bits per heavy atom. The van der Waals surface area contributed by atoms with E-state index in [-0.39, 0.29) is 0 Å². The van der Waals surface area contributed by atoms with E-state index < -0.39 is 0 Å². The molecule has 1 aromatic rings. The summed E-state index contributed by atoms with van der Waals surface area (Å²) in [6.07, 6.45) is 3.52. The Balaban J connectivity index is 2.06. The molecule has 0 bridgehead atoms. The van der Waals surface area contributed by atoms with Gasteiger partial charge in [0.05, 0.1) is 12.4 Å². The summed E-state index contributed by atoms with van der Waals surface area (Å²) in [4.78, 5) is 4.46. The minimum absolute atomic E-state index is 0.582. The molecule has 0 unspecified atom stereocenters. The van der Waals surface area contributed by atoms with Crippen molar-refractivity contribution in [1.82, 2.24) is 0 Å². The fourth-order valence-electron chi connectivity index (χ4n) is 1.74. The molecule has 2 rings (SSSR count). The molecule has 2 heteroatoms. The van der Waals surface area contributed by atoms with Gasteiger partial charge in [0, 0.05) is 5.92 Å². The number of aliphatic imine (C=N–C) groups is 1. The first kappa shape index (κ1) is 10.2. The van der Waals surface area contributed by atoms with Gasteiger partial charge >= 0.3 is 0 Å². The molecule has 1 fully saturated rings. The fraction of sp³-hybridized carbons (Fsp3) is 0.462. The molecule has 1 aromatic carbocycles. The summed E-state index contributed by atoms with van der Waals surface area (Å²) < 4.78 is 0. The van der Waals surface area contributed by atoms with Crippen LogP contribution in [0.3, 0.4) is 0 Å². The summed E-state index contributed by atoms with van der Waals surface area (Å²) in [6.45, 7) is 2.92. The standard InChI is InChI=1S/C13H18N2/c1-2-10-5-3-4-6-12(10)9-15-13(14)11-7-8-11/h3-6,11H,2,7-9H2,1H3,(H2,14,15). The zero-order valence-corrected chi connectivity index (χ0v) is 9.24. The zero-order valence-electron chi connectivity index (χ0n) is 9.24. The number of hydrogen-bond acceptors (Lipinski definition) is 1. The second-order valence-corrected chi connectivity index (χ2v) is 4.14. The van der Waals surface area contributed by atoms with Gasteiger partial charge in [-0.2, -0.15) is 0 Å². The van der Waals surface area contributed by atoms with Gasteiger partial charge in [-0.1, -0.05) is 31.2 Å². The molecule has 15 heavy (non-hydrogen) atoms. The van der Waals surface area contributed by atoms with Crippen molar-refractivity contribution in [2.45, 2.75) is 32.7 Å². The van der Waals surface area contributed by atoms with Gasteiger partial charge in [-0.05, 0) is 30.4 Å². The molecule has 0 aliphatic heterocycles. The maximum atomic E-state index is 5.87. The third-order valence-electron chi connectivity index (χ3n) is 2.93. The van der Waals surface area contributed by atoms with Gasteiger partial charge in [-0.25, -0.2) is 0 Å². The molecule has 0 amide bonds. The largest absolute Gasteiger partial charge is 0.387 e. The van der Waals surface area contributed by atoms with E-state index in [0.717, 1.165) is 18.8 Å². The van der Waals surface area contributed by atoms with Crippen molar-refractivity contribution in [3.05, 3.63) is 35.4 Å². The highest BCUT2D eigenvalue weighted by atomic mass is 14.9. The first-order valence-corrected chi connectivity index (χ1v) is 5.68. The summed E-state index contributed by atoms with van der Waals surface area (Å²) in [6, 6.07) is 8.45. The number of benzene rings is 1. The van der Waals surface area contributed by atoms with E-state index in [0.29, 0.717) is 5.92 Å². The number of aryl methyl sites for hydroxylation is 1. The number of nitrogens with two attached hydrogens (primary N) is 1. The topological polar surface area (TPSA) is 38.4 Å². The van der Waals surface area contributed by atoms with Crippen molar-refractivity contribution in [3.63, 3.8) is 0 Å². The van der Waals surface area contributed by atoms with Crippen LogP contribution in [-0.4, -0.2) is 5.84 Å². The maximum Gasteiger partial charge on any atom is 0.0972 e. The highest BCUT2D eigenvalue weighted by Crippen LogP contribution is 2.29. The highest BCUT2D eigenvalue weighted by Gasteiger charge is 2.25. The van der Waals surface area contributed by atoms with E-state index in [2.05, 4.69) is 36.2 Å². The third-order valence-corrected chi connectivity index (χ3v) is 2.93. The van der Waals surface area contributed by atoms with Crippen LogP contribution in [0, 0.1) is 5.92 Å². The molecule has 2 N–H and O–H groups in total. The average Bonchev–Trinajstić information content (AvgIpc) is 3.10. The molecule has 0 spiro atoms. The molecule has 0 radical (unpaired) electrons. The highest BCUT2D eigenvalue weighted by molar-refractivity contribution is 5.84. The summed E-state index contributed by atoms with van der Waals surface area (Å²) in [5.41, 5.74) is 8.56. The Hall–Kier alpha value is -1.31. The Kier molecular flexibility index (Phi) is 3.05. The van der Waals surface area contributed by atoms with Gasteiger partial charge in [0.15, 0.2) is 0 Å². The number of nitrogens with zero attached hydrogens (tertiary/aromatic N) is 1. The van der Waals surface area contributed by atoms with Gasteiger partial charge < -0.3 is 5.73 Å². The normalized spacial score (nSPS) is 16.7. The molecule has 1 saturated carbocycles. The molecule has 80 valence electrons. The second-order valence-electron chi connectivity index (χ2n) is 4.14. The van der Waals surface area contributed by atoms with E-state index in [1.54, 1.807) is 0 Å². The van der Waals surface area contributed by atoms with Crippen molar-refractivity contribution >= 4 is 5.84 Å². The van der Waals surface area contributed by atoms with Crippen molar-refractivity contribution in [1.29, 1.82) is 0 Å². The lowest BCUT2D eigenvalue weighted by atomic mass is 10.1. The molecule has 0 heterocycles. The number of rotatable bonds is 4. The monoisotopic (exact) mass is 202 g/mol. The summed E-state index contributed by atoms with van der Waals surface area (Å²) in [5, 5.41) is 0. The van der Waals surface area contributed by atoms with Gasteiger partial charge in [0.25, 0.3) is 0 Å². The lowest BCUT2D eigenvalue weighted by Crippen LogP contribution is -2.14. The maximum absolute atomic E-state index is 5.87. The van der Waals surface area contributed by atoms with E-state index in [1.807, 2.05) is 0 Å². The summed E-state index contributed by atoms with van der Waals surface area (Å²) in [5.74, 6) is 1.43. The van der Waals surface area contributed by atoms with Gasteiger partial charge in [0.1, 0.15) is 0 Å². The molecule has 1 aliphatic carbocycles. The fourth-order valence-corrected chi connectivity index (χ4v) is 1.74. The van der Waals surface area contributed by atoms with E-state index in [9.17, 15) is 0 Å². The molecule has 1 aliphatic rings.